The van der Waals surface area contributed by atoms with Gasteiger partial charge in [-0.15, -0.1) is 0 Å². The first kappa shape index (κ1) is 17.0. The molecule has 3 rings (SSSR count). The van der Waals surface area contributed by atoms with Crippen molar-refractivity contribution >= 4 is 24.7 Å². The Balaban J connectivity index is 1.94. The molecule has 0 saturated carbocycles. The van der Waals surface area contributed by atoms with Crippen LogP contribution in [0.15, 0.2) is 35.1 Å². The number of halogens is 2. The quantitative estimate of drug-likeness (QED) is 0.270. The van der Waals surface area contributed by atoms with Crippen LogP contribution in [0.3, 0.4) is 0 Å². The molecule has 7 nitrogen and oxygen atoms in total. The lowest BCUT2D eigenvalue weighted by Crippen LogP contribution is -2.50. The van der Waals surface area contributed by atoms with Crippen molar-refractivity contribution in [1.82, 2.24) is 4.48 Å². The predicted octanol–water partition coefficient (Wildman–Crippen LogP) is 3.20. The number of azide groups is 1. The van der Waals surface area contributed by atoms with Gasteiger partial charge in [0.1, 0.15) is 5.71 Å². The van der Waals surface area contributed by atoms with Crippen LogP contribution in [0.4, 0.5) is 8.63 Å². The number of aryl methyl sites for hydroxylation is 1. The monoisotopic (exact) mass is 347 g/mol. The topological polar surface area (TPSA) is 94.0 Å². The van der Waals surface area contributed by atoms with E-state index in [1.807, 2.05) is 0 Å². The maximum absolute atomic E-state index is 15.2. The predicted molar refractivity (Wildman–Crippen MR) is 89.4 cm³/mol. The van der Waals surface area contributed by atoms with Gasteiger partial charge in [0.15, 0.2) is 5.70 Å². The van der Waals surface area contributed by atoms with Crippen LogP contribution in [0.25, 0.3) is 16.5 Å². The van der Waals surface area contributed by atoms with Crippen LogP contribution >= 0.6 is 0 Å². The SMILES string of the molecule is [N-]=[N+]=NCCCc1ccc2n1[B-](F)(F)[N+]1=C(CCC(=O)O)C=CC1=C2. The van der Waals surface area contributed by atoms with E-state index in [1.165, 1.54) is 0 Å². The Morgan fingerprint density at radius 3 is 2.88 bits per heavy atom. The van der Waals surface area contributed by atoms with Crippen molar-refractivity contribution in [3.63, 3.8) is 0 Å². The molecule has 130 valence electrons. The maximum atomic E-state index is 15.2. The fraction of sp³-hybridized carbons (Fsp3) is 0.333. The fourth-order valence-electron chi connectivity index (χ4n) is 3.29. The molecule has 1 aromatic heterocycles. The van der Waals surface area contributed by atoms with E-state index < -0.39 is 12.9 Å². The van der Waals surface area contributed by atoms with Crippen LogP contribution in [-0.2, 0) is 11.2 Å². The molecular formula is C15H16BF2N5O2. The number of allylic oxidation sites excluding steroid dienone is 2. The lowest BCUT2D eigenvalue weighted by Gasteiger charge is -2.30. The Hall–Kier alpha value is -2.87. The number of hydrogen-bond acceptors (Lipinski definition) is 2. The Labute approximate surface area is 142 Å². The number of aliphatic carboxylic acids is 1. The summed E-state index contributed by atoms with van der Waals surface area (Å²) < 4.78 is 32.4. The number of carbonyl (C=O) groups is 1. The number of nitrogens with zero attached hydrogens (tertiary/aromatic N) is 5. The van der Waals surface area contributed by atoms with Gasteiger partial charge in [-0.25, -0.2) is 0 Å². The van der Waals surface area contributed by atoms with Crippen LogP contribution < -0.4 is 0 Å². The summed E-state index contributed by atoms with van der Waals surface area (Å²) in [6, 6.07) is 3.30. The van der Waals surface area contributed by atoms with Crippen molar-refractivity contribution in [2.75, 3.05) is 6.54 Å². The van der Waals surface area contributed by atoms with Crippen LogP contribution in [0, 0.1) is 0 Å². The van der Waals surface area contributed by atoms with Gasteiger partial charge in [0, 0.05) is 41.8 Å². The second-order valence-corrected chi connectivity index (χ2v) is 5.92. The van der Waals surface area contributed by atoms with Gasteiger partial charge in [-0.1, -0.05) is 5.11 Å². The van der Waals surface area contributed by atoms with Crippen molar-refractivity contribution in [3.05, 3.63) is 51.8 Å². The van der Waals surface area contributed by atoms with Gasteiger partial charge >= 0.3 is 12.9 Å². The van der Waals surface area contributed by atoms with E-state index in [0.717, 1.165) is 8.96 Å². The summed E-state index contributed by atoms with van der Waals surface area (Å²) in [5.41, 5.74) is 9.85. The summed E-state index contributed by atoms with van der Waals surface area (Å²) in [7, 11) is 0. The number of aromatic nitrogens is 1. The maximum Gasteiger partial charge on any atom is 0.737 e. The van der Waals surface area contributed by atoms with Crippen LogP contribution in [-0.4, -0.2) is 39.3 Å². The first-order valence-electron chi connectivity index (χ1n) is 7.95. The van der Waals surface area contributed by atoms with Crippen LogP contribution in [0.5, 0.6) is 0 Å². The lowest BCUT2D eigenvalue weighted by molar-refractivity contribution is -0.362. The van der Waals surface area contributed by atoms with E-state index in [1.54, 1.807) is 30.4 Å². The zero-order valence-corrected chi connectivity index (χ0v) is 13.3. The zero-order valence-electron chi connectivity index (χ0n) is 13.3. The third-order valence-corrected chi connectivity index (χ3v) is 4.33. The Bertz CT molecular complexity index is 865. The summed E-state index contributed by atoms with van der Waals surface area (Å²) >= 11 is 0. The highest BCUT2D eigenvalue weighted by molar-refractivity contribution is 6.58. The van der Waals surface area contributed by atoms with Crippen molar-refractivity contribution in [3.8, 4) is 0 Å². The van der Waals surface area contributed by atoms with Gasteiger partial charge in [0.05, 0.1) is 6.42 Å². The second kappa shape index (κ2) is 6.56. The second-order valence-electron chi connectivity index (χ2n) is 5.92. The first-order valence-corrected chi connectivity index (χ1v) is 7.95. The molecule has 0 bridgehead atoms. The van der Waals surface area contributed by atoms with Crippen LogP contribution in [0.1, 0.15) is 30.7 Å². The van der Waals surface area contributed by atoms with Crippen molar-refractivity contribution in [2.45, 2.75) is 25.7 Å². The van der Waals surface area contributed by atoms with E-state index in [-0.39, 0.29) is 19.4 Å². The standard InChI is InChI=1S/C15H16BF2N5O2/c17-16(18)22-11(2-1-9-20-21-19)3-5-13(22)10-14-6-4-12(23(14)16)7-8-15(24)25/h3-6,10H,1-2,7-9H2,(H,24,25). The minimum Gasteiger partial charge on any atom is -0.481 e. The molecule has 0 unspecified atom stereocenters. The molecule has 3 heterocycles. The average molecular weight is 347 g/mol. The van der Waals surface area contributed by atoms with Gasteiger partial charge in [-0.3, -0.25) is 4.79 Å². The van der Waals surface area contributed by atoms with E-state index in [0.29, 0.717) is 35.6 Å². The molecule has 0 spiro atoms. The van der Waals surface area contributed by atoms with E-state index in [9.17, 15) is 4.79 Å². The summed E-state index contributed by atoms with van der Waals surface area (Å²) in [6.45, 7) is -3.85. The molecular weight excluding hydrogens is 331 g/mol. The molecule has 0 aliphatic carbocycles. The van der Waals surface area contributed by atoms with E-state index in [2.05, 4.69) is 10.0 Å². The first-order chi connectivity index (χ1) is 11.9. The fourth-order valence-corrected chi connectivity index (χ4v) is 3.29. The highest BCUT2D eigenvalue weighted by atomic mass is 19.2. The summed E-state index contributed by atoms with van der Waals surface area (Å²) in [4.78, 5) is 13.4. The number of carboxylic acids is 1. The molecule has 0 aromatic carbocycles. The van der Waals surface area contributed by atoms with Gasteiger partial charge < -0.3 is 22.7 Å². The highest BCUT2D eigenvalue weighted by Crippen LogP contribution is 2.33. The van der Waals surface area contributed by atoms with Gasteiger partial charge in [-0.2, -0.15) is 0 Å². The number of fused-ring (bicyclic) bond motifs is 2. The summed E-state index contributed by atoms with van der Waals surface area (Å²) in [6.07, 6.45) is 5.50. The van der Waals surface area contributed by atoms with Crippen molar-refractivity contribution in [2.24, 2.45) is 5.11 Å². The zero-order chi connectivity index (χ0) is 18.0. The third kappa shape index (κ3) is 3.08. The van der Waals surface area contributed by atoms with Crippen LogP contribution in [0.2, 0.25) is 0 Å². The molecule has 0 atom stereocenters. The average Bonchev–Trinajstić information content (AvgIpc) is 3.15. The van der Waals surface area contributed by atoms with Crippen molar-refractivity contribution < 1.29 is 23.0 Å². The molecule has 0 saturated heterocycles. The highest BCUT2D eigenvalue weighted by Gasteiger charge is 2.52. The lowest BCUT2D eigenvalue weighted by atomic mass is 9.90. The molecule has 1 N–H and O–H groups in total. The number of rotatable bonds is 7. The molecule has 0 amide bonds. The van der Waals surface area contributed by atoms with Crippen molar-refractivity contribution in [1.29, 1.82) is 0 Å². The Kier molecular flexibility index (Phi) is 4.46. The molecule has 2 aliphatic heterocycles. The number of carboxylic acid groups (broad SMARTS) is 1. The molecule has 25 heavy (non-hydrogen) atoms. The smallest absolute Gasteiger partial charge is 0.481 e. The largest absolute Gasteiger partial charge is 0.737 e. The molecule has 0 radical (unpaired) electrons. The van der Waals surface area contributed by atoms with Gasteiger partial charge in [0.2, 0.25) is 0 Å². The van der Waals surface area contributed by atoms with Gasteiger partial charge in [-0.05, 0) is 36.2 Å². The summed E-state index contributed by atoms with van der Waals surface area (Å²) in [5, 5.41) is 12.2. The molecule has 2 aliphatic rings. The summed E-state index contributed by atoms with van der Waals surface area (Å²) in [5.74, 6) is -1.02. The van der Waals surface area contributed by atoms with E-state index >= 15 is 8.63 Å². The normalized spacial score (nSPS) is 17.0. The van der Waals surface area contributed by atoms with Gasteiger partial charge in [0.25, 0.3) is 0 Å². The molecule has 10 heteroatoms. The van der Waals surface area contributed by atoms with E-state index in [4.69, 9.17) is 10.6 Å². The minimum atomic E-state index is -4.10. The Morgan fingerprint density at radius 2 is 2.16 bits per heavy atom. The molecule has 0 fully saturated rings. The Morgan fingerprint density at radius 1 is 1.36 bits per heavy atom. The molecule has 1 aromatic rings. The minimum absolute atomic E-state index is 0.0450. The third-order valence-electron chi connectivity index (χ3n) is 4.33. The number of hydrogen-bond donors (Lipinski definition) is 1.